The Hall–Kier alpha value is -3.11. The van der Waals surface area contributed by atoms with Crippen LogP contribution in [0.1, 0.15) is 0 Å². The highest BCUT2D eigenvalue weighted by atomic mass is 32.3. The number of hydrogen-bond donors (Lipinski definition) is 6. The van der Waals surface area contributed by atoms with E-state index in [-0.39, 0.29) is 11.9 Å². The molecular weight excluding hydrogens is 488 g/mol. The van der Waals surface area contributed by atoms with Crippen molar-refractivity contribution in [3.63, 3.8) is 0 Å². The van der Waals surface area contributed by atoms with Crippen LogP contribution in [-0.4, -0.2) is 53.4 Å². The molecule has 33 heavy (non-hydrogen) atoms. The van der Waals surface area contributed by atoms with Crippen molar-refractivity contribution in [3.8, 4) is 0 Å². The van der Waals surface area contributed by atoms with E-state index in [0.717, 1.165) is 11.5 Å². The van der Waals surface area contributed by atoms with Crippen molar-refractivity contribution in [2.24, 2.45) is 43.3 Å². The summed E-state index contributed by atoms with van der Waals surface area (Å²) in [5.41, 5.74) is 20.4. The maximum Gasteiger partial charge on any atom is 0.394 e. The minimum atomic E-state index is -4.67. The molecule has 180 valence electrons. The summed E-state index contributed by atoms with van der Waals surface area (Å²) in [6.07, 6.45) is 3.33. The first kappa shape index (κ1) is 29.9. The van der Waals surface area contributed by atoms with Crippen molar-refractivity contribution < 1.29 is 17.5 Å². The smallest absolute Gasteiger partial charge is 0.369 e. The molecule has 0 aliphatic rings. The number of thioether (sulfide) groups is 2. The number of rotatable bonds is 8. The third-order valence-electron chi connectivity index (χ3n) is 2.65. The zero-order chi connectivity index (χ0) is 25.0. The van der Waals surface area contributed by atoms with Crippen LogP contribution in [0.25, 0.3) is 0 Å². The van der Waals surface area contributed by atoms with Crippen molar-refractivity contribution in [2.45, 2.75) is 9.79 Å². The largest absolute Gasteiger partial charge is 0.394 e. The molecule has 0 unspecified atom stereocenters. The van der Waals surface area contributed by atoms with E-state index < -0.39 is 10.4 Å². The Balaban J connectivity index is 0.000000517. The summed E-state index contributed by atoms with van der Waals surface area (Å²) >= 11 is 3.34. The molecule has 10 N–H and O–H groups in total. The fraction of sp³-hybridized carbons (Fsp3) is 0.111. The zero-order valence-electron chi connectivity index (χ0n) is 17.4. The Morgan fingerprint density at radius 1 is 0.727 bits per heavy atom. The van der Waals surface area contributed by atoms with Crippen LogP contribution in [0.5, 0.6) is 0 Å². The number of benzene rings is 2. The summed E-state index contributed by atoms with van der Waals surface area (Å²) in [7, 11) is -4.67. The van der Waals surface area contributed by atoms with Gasteiger partial charge in [0.05, 0.1) is 0 Å². The van der Waals surface area contributed by atoms with E-state index in [1.54, 1.807) is 36.0 Å². The van der Waals surface area contributed by atoms with Crippen molar-refractivity contribution >= 4 is 58.3 Å². The fourth-order valence-corrected chi connectivity index (χ4v) is 2.95. The molecule has 0 aromatic heterocycles. The third kappa shape index (κ3) is 25.0. The van der Waals surface area contributed by atoms with E-state index in [4.69, 9.17) is 40.5 Å². The first-order valence-electron chi connectivity index (χ1n) is 8.84. The Kier molecular flexibility index (Phi) is 16.7. The predicted octanol–water partition coefficient (Wildman–Crippen LogP) is 1.42. The summed E-state index contributed by atoms with van der Waals surface area (Å²) in [6, 6.07) is 20.1. The first-order valence-corrected chi connectivity index (χ1v) is 12.2. The van der Waals surface area contributed by atoms with Crippen molar-refractivity contribution in [2.75, 3.05) is 11.5 Å². The maximum atomic E-state index is 8.74. The molecule has 0 spiro atoms. The minimum Gasteiger partial charge on any atom is -0.369 e. The van der Waals surface area contributed by atoms with Crippen LogP contribution in [0, 0.1) is 0 Å². The van der Waals surface area contributed by atoms with Crippen LogP contribution < -0.4 is 22.9 Å². The molecule has 0 amide bonds. The number of nitrogens with zero attached hydrogens (tertiary/aromatic N) is 4. The van der Waals surface area contributed by atoms with Gasteiger partial charge in [0.15, 0.2) is 0 Å². The van der Waals surface area contributed by atoms with Gasteiger partial charge >= 0.3 is 10.4 Å². The average molecular weight is 515 g/mol. The second kappa shape index (κ2) is 18.5. The Morgan fingerprint density at radius 3 is 1.30 bits per heavy atom. The maximum absolute atomic E-state index is 8.74. The second-order valence-electron chi connectivity index (χ2n) is 5.34. The minimum absolute atomic E-state index is 0.0223. The van der Waals surface area contributed by atoms with Gasteiger partial charge in [-0.3, -0.25) is 9.11 Å². The zero-order valence-corrected chi connectivity index (χ0v) is 19.8. The molecule has 0 aliphatic carbocycles. The number of guanidine groups is 2. The lowest BCUT2D eigenvalue weighted by Crippen LogP contribution is -2.21. The standard InChI is InChI=1S/2C9H12N4S.H2O4S/c2*10-9(11)13-12-6-7-14-8-4-2-1-3-5-8;1-5(2,3)4/h2*1-6H,7H2,(H4,10,11,13);(H2,1,2,3,4)/b2*12-6+;. The van der Waals surface area contributed by atoms with Crippen LogP contribution in [0.3, 0.4) is 0 Å². The van der Waals surface area contributed by atoms with Gasteiger partial charge in [-0.1, -0.05) is 36.4 Å². The van der Waals surface area contributed by atoms with Crippen molar-refractivity contribution in [1.82, 2.24) is 0 Å². The molecule has 0 fully saturated rings. The van der Waals surface area contributed by atoms with Gasteiger partial charge in [-0.2, -0.15) is 18.6 Å². The van der Waals surface area contributed by atoms with Crippen LogP contribution in [0.2, 0.25) is 0 Å². The molecule has 2 aromatic carbocycles. The quantitative estimate of drug-likeness (QED) is 0.0975. The molecule has 0 radical (unpaired) electrons. The van der Waals surface area contributed by atoms with Crippen LogP contribution in [0.15, 0.2) is 90.9 Å². The van der Waals surface area contributed by atoms with Gasteiger partial charge in [-0.15, -0.1) is 33.7 Å². The molecule has 2 rings (SSSR count). The van der Waals surface area contributed by atoms with Crippen LogP contribution in [0.4, 0.5) is 0 Å². The topological polar surface area (TPSA) is 228 Å². The molecule has 15 heteroatoms. The normalized spacial score (nSPS) is 10.5. The fourth-order valence-electron chi connectivity index (χ4n) is 1.58. The van der Waals surface area contributed by atoms with Gasteiger partial charge in [0, 0.05) is 33.7 Å². The van der Waals surface area contributed by atoms with Gasteiger partial charge in [0.1, 0.15) is 0 Å². The van der Waals surface area contributed by atoms with Crippen LogP contribution >= 0.6 is 23.5 Å². The molecular formula is C18H26N8O4S3. The molecule has 0 aliphatic heterocycles. The lowest BCUT2D eigenvalue weighted by atomic mass is 10.4. The lowest BCUT2D eigenvalue weighted by Gasteiger charge is -1.94. The number of nitrogens with two attached hydrogens (primary N) is 4. The third-order valence-corrected chi connectivity index (χ3v) is 4.49. The SMILES string of the molecule is NC(N)=N/N=C/CSc1ccccc1.NC(N)=N/N=C/CSc1ccccc1.O=S(=O)(O)O. The molecule has 0 atom stereocenters. The molecule has 2 aromatic rings. The highest BCUT2D eigenvalue weighted by Gasteiger charge is 1.89. The average Bonchev–Trinajstić information content (AvgIpc) is 2.74. The monoisotopic (exact) mass is 514 g/mol. The Morgan fingerprint density at radius 2 is 1.03 bits per heavy atom. The second-order valence-corrected chi connectivity index (χ2v) is 8.42. The molecule has 0 saturated carbocycles. The molecule has 0 bridgehead atoms. The van der Waals surface area contributed by atoms with E-state index in [1.165, 1.54) is 9.79 Å². The van der Waals surface area contributed by atoms with E-state index in [0.29, 0.717) is 0 Å². The van der Waals surface area contributed by atoms with E-state index in [9.17, 15) is 0 Å². The van der Waals surface area contributed by atoms with Crippen molar-refractivity contribution in [3.05, 3.63) is 60.7 Å². The highest BCUT2D eigenvalue weighted by Crippen LogP contribution is 2.15. The Labute approximate surface area is 200 Å². The summed E-state index contributed by atoms with van der Waals surface area (Å²) < 4.78 is 31.6. The highest BCUT2D eigenvalue weighted by molar-refractivity contribution is 8.00. The van der Waals surface area contributed by atoms with Gasteiger partial charge in [-0.25, -0.2) is 0 Å². The first-order chi connectivity index (χ1) is 15.6. The summed E-state index contributed by atoms with van der Waals surface area (Å²) in [6.45, 7) is 0. The van der Waals surface area contributed by atoms with E-state index >= 15 is 0 Å². The van der Waals surface area contributed by atoms with E-state index in [1.807, 2.05) is 60.7 Å². The van der Waals surface area contributed by atoms with Crippen molar-refractivity contribution in [1.29, 1.82) is 0 Å². The lowest BCUT2D eigenvalue weighted by molar-refractivity contribution is 0.381. The summed E-state index contributed by atoms with van der Waals surface area (Å²) in [5, 5.41) is 14.3. The Bertz CT molecular complexity index is 918. The van der Waals surface area contributed by atoms with E-state index in [2.05, 4.69) is 20.4 Å². The number of hydrogen-bond acceptors (Lipinski definition) is 8. The molecule has 0 saturated heterocycles. The van der Waals surface area contributed by atoms with Gasteiger partial charge in [0.25, 0.3) is 0 Å². The van der Waals surface area contributed by atoms with Gasteiger partial charge < -0.3 is 22.9 Å². The van der Waals surface area contributed by atoms with Gasteiger partial charge in [0.2, 0.25) is 11.9 Å². The summed E-state index contributed by atoms with van der Waals surface area (Å²) in [5.74, 6) is 1.46. The molecule has 0 heterocycles. The predicted molar refractivity (Wildman–Crippen MR) is 137 cm³/mol. The molecule has 12 nitrogen and oxygen atoms in total. The summed E-state index contributed by atoms with van der Waals surface area (Å²) in [4.78, 5) is 2.40. The van der Waals surface area contributed by atoms with Gasteiger partial charge in [-0.05, 0) is 24.3 Å². The van der Waals surface area contributed by atoms with Crippen LogP contribution in [-0.2, 0) is 10.4 Å².